The summed E-state index contributed by atoms with van der Waals surface area (Å²) >= 11 is 7.58. The number of amides is 1. The Morgan fingerprint density at radius 1 is 1.48 bits per heavy atom. The topological polar surface area (TPSA) is 54.0 Å². The molecule has 4 nitrogen and oxygen atoms in total. The number of carbonyl (C=O) groups excluding carboxylic acids is 1. The maximum Gasteiger partial charge on any atom is 0.224 e. The van der Waals surface area contributed by atoms with E-state index in [9.17, 15) is 4.79 Å². The molecule has 2 aromatic rings. The lowest BCUT2D eigenvalue weighted by atomic mass is 10.1. The van der Waals surface area contributed by atoms with Gasteiger partial charge in [0.15, 0.2) is 0 Å². The average molecular weight is 348 g/mol. The molecule has 0 saturated heterocycles. The largest absolute Gasteiger partial charge is 0.355 e. The van der Waals surface area contributed by atoms with Crippen LogP contribution in [0.3, 0.4) is 0 Å². The van der Waals surface area contributed by atoms with Crippen molar-refractivity contribution >= 4 is 51.5 Å². The van der Waals surface area contributed by atoms with E-state index in [1.165, 1.54) is 0 Å². The second-order valence-corrected chi connectivity index (χ2v) is 6.27. The van der Waals surface area contributed by atoms with Crippen molar-refractivity contribution in [2.75, 3.05) is 20.1 Å². The molecular formula is C14H19Cl2N3OS. The number of thiazole rings is 1. The first-order valence-electron chi connectivity index (χ1n) is 6.57. The maximum atomic E-state index is 11.8. The number of aromatic nitrogens is 1. The number of nitrogens with one attached hydrogen (secondary N) is 2. The van der Waals surface area contributed by atoms with Crippen molar-refractivity contribution in [3.05, 3.63) is 28.2 Å². The summed E-state index contributed by atoms with van der Waals surface area (Å²) < 4.78 is 1.12. The molecule has 2 rings (SSSR count). The number of fused-ring (bicyclic) bond motifs is 1. The monoisotopic (exact) mass is 347 g/mol. The van der Waals surface area contributed by atoms with Gasteiger partial charge in [-0.2, -0.15) is 0 Å². The highest BCUT2D eigenvalue weighted by Gasteiger charge is 2.11. The van der Waals surface area contributed by atoms with Gasteiger partial charge in [0, 0.05) is 30.5 Å². The van der Waals surface area contributed by atoms with E-state index in [0.717, 1.165) is 21.6 Å². The predicted octanol–water partition coefficient (Wildman–Crippen LogP) is 2.89. The van der Waals surface area contributed by atoms with Gasteiger partial charge in [-0.15, -0.1) is 23.7 Å². The van der Waals surface area contributed by atoms with Crippen LogP contribution in [0.15, 0.2) is 18.2 Å². The summed E-state index contributed by atoms with van der Waals surface area (Å²) in [4.78, 5) is 16.3. The van der Waals surface area contributed by atoms with Crippen molar-refractivity contribution in [1.82, 2.24) is 15.6 Å². The Balaban J connectivity index is 0.00000220. The Morgan fingerprint density at radius 3 is 2.95 bits per heavy atom. The second-order valence-electron chi connectivity index (χ2n) is 4.72. The smallest absolute Gasteiger partial charge is 0.224 e. The van der Waals surface area contributed by atoms with Gasteiger partial charge in [0.1, 0.15) is 0 Å². The molecule has 0 fully saturated rings. The number of hydrogen-bond donors (Lipinski definition) is 2. The third-order valence-corrected chi connectivity index (χ3v) is 4.32. The Bertz CT molecular complexity index is 603. The number of hydrogen-bond acceptors (Lipinski definition) is 4. The van der Waals surface area contributed by atoms with Gasteiger partial charge >= 0.3 is 0 Å². The van der Waals surface area contributed by atoms with Crippen molar-refractivity contribution < 1.29 is 4.79 Å². The summed E-state index contributed by atoms with van der Waals surface area (Å²) in [6.07, 6.45) is 0.745. The molecule has 0 aliphatic rings. The minimum atomic E-state index is -0.0193. The summed E-state index contributed by atoms with van der Waals surface area (Å²) in [5.41, 5.74) is 0.923. The van der Waals surface area contributed by atoms with Crippen LogP contribution in [0.1, 0.15) is 11.9 Å². The van der Waals surface area contributed by atoms with Crippen LogP contribution >= 0.6 is 35.3 Å². The van der Waals surface area contributed by atoms with Crippen molar-refractivity contribution in [3.63, 3.8) is 0 Å². The molecule has 2 N–H and O–H groups in total. The standard InChI is InChI=1S/C14H18ClN3OS.ClH/c1-9(8-16-2)14(19)17-6-5-13-18-11-7-10(15)3-4-12(11)20-13;/h3-4,7,9,16H,5-6,8H2,1-2H3,(H,17,19);1H. The fourth-order valence-corrected chi connectivity index (χ4v) is 3.03. The van der Waals surface area contributed by atoms with Gasteiger partial charge in [0.25, 0.3) is 0 Å². The minimum Gasteiger partial charge on any atom is -0.355 e. The molecule has 0 bridgehead atoms. The molecule has 21 heavy (non-hydrogen) atoms. The second kappa shape index (κ2) is 8.54. The molecule has 7 heteroatoms. The first kappa shape index (κ1) is 18.2. The van der Waals surface area contributed by atoms with E-state index in [1.807, 2.05) is 32.2 Å². The van der Waals surface area contributed by atoms with Gasteiger partial charge in [-0.1, -0.05) is 18.5 Å². The van der Waals surface area contributed by atoms with E-state index < -0.39 is 0 Å². The van der Waals surface area contributed by atoms with E-state index in [1.54, 1.807) is 11.3 Å². The predicted molar refractivity (Wildman–Crippen MR) is 91.7 cm³/mol. The minimum absolute atomic E-state index is 0. The molecule has 0 spiro atoms. The molecule has 1 amide bonds. The number of nitrogens with zero attached hydrogens (tertiary/aromatic N) is 1. The van der Waals surface area contributed by atoms with Crippen molar-refractivity contribution in [2.24, 2.45) is 5.92 Å². The molecule has 1 unspecified atom stereocenters. The molecule has 0 radical (unpaired) electrons. The third kappa shape index (κ3) is 5.11. The van der Waals surface area contributed by atoms with Gasteiger partial charge in [0.05, 0.1) is 15.2 Å². The van der Waals surface area contributed by atoms with Crippen molar-refractivity contribution in [1.29, 1.82) is 0 Å². The SMILES string of the molecule is CNCC(C)C(=O)NCCc1nc2cc(Cl)ccc2s1.Cl. The van der Waals surface area contributed by atoms with Crippen LogP contribution in [-0.4, -0.2) is 31.0 Å². The molecule has 0 aliphatic heterocycles. The maximum absolute atomic E-state index is 11.8. The Morgan fingerprint density at radius 2 is 2.24 bits per heavy atom. The number of carbonyl (C=O) groups is 1. The van der Waals surface area contributed by atoms with Crippen LogP contribution in [0.2, 0.25) is 5.02 Å². The quantitative estimate of drug-likeness (QED) is 0.844. The first-order valence-corrected chi connectivity index (χ1v) is 7.77. The molecule has 1 aromatic heterocycles. The molecule has 1 atom stereocenters. The fourth-order valence-electron chi connectivity index (χ4n) is 1.92. The van der Waals surface area contributed by atoms with E-state index >= 15 is 0 Å². The lowest BCUT2D eigenvalue weighted by Gasteiger charge is -2.10. The van der Waals surface area contributed by atoms with Gasteiger partial charge in [-0.3, -0.25) is 4.79 Å². The van der Waals surface area contributed by atoms with Gasteiger partial charge in [0.2, 0.25) is 5.91 Å². The van der Waals surface area contributed by atoms with Gasteiger partial charge in [-0.05, 0) is 25.2 Å². The Hall–Kier alpha value is -0.880. The molecule has 0 aliphatic carbocycles. The van der Waals surface area contributed by atoms with E-state index in [4.69, 9.17) is 11.6 Å². The highest BCUT2D eigenvalue weighted by Crippen LogP contribution is 2.24. The van der Waals surface area contributed by atoms with Crippen molar-refractivity contribution in [3.8, 4) is 0 Å². The fraction of sp³-hybridized carbons (Fsp3) is 0.429. The van der Waals surface area contributed by atoms with Crippen LogP contribution in [-0.2, 0) is 11.2 Å². The summed E-state index contributed by atoms with van der Waals surface area (Å²) in [6, 6.07) is 5.71. The summed E-state index contributed by atoms with van der Waals surface area (Å²) in [5, 5.41) is 7.64. The number of halogens is 2. The highest BCUT2D eigenvalue weighted by atomic mass is 35.5. The lowest BCUT2D eigenvalue weighted by Crippen LogP contribution is -2.35. The number of rotatable bonds is 6. The Labute approximate surface area is 139 Å². The van der Waals surface area contributed by atoms with Crippen LogP contribution in [0.4, 0.5) is 0 Å². The molecule has 1 aromatic carbocycles. The van der Waals surface area contributed by atoms with E-state index in [0.29, 0.717) is 18.1 Å². The summed E-state index contributed by atoms with van der Waals surface area (Å²) in [6.45, 7) is 3.21. The first-order chi connectivity index (χ1) is 9.60. The van der Waals surface area contributed by atoms with E-state index in [2.05, 4.69) is 15.6 Å². The highest BCUT2D eigenvalue weighted by molar-refractivity contribution is 7.18. The normalized spacial score (nSPS) is 12.0. The zero-order chi connectivity index (χ0) is 14.5. The van der Waals surface area contributed by atoms with Gasteiger partial charge < -0.3 is 10.6 Å². The van der Waals surface area contributed by atoms with Crippen LogP contribution in [0, 0.1) is 5.92 Å². The summed E-state index contributed by atoms with van der Waals surface area (Å²) in [7, 11) is 1.84. The van der Waals surface area contributed by atoms with Crippen LogP contribution in [0.25, 0.3) is 10.2 Å². The molecule has 116 valence electrons. The zero-order valence-electron chi connectivity index (χ0n) is 12.0. The lowest BCUT2D eigenvalue weighted by molar-refractivity contribution is -0.124. The summed E-state index contributed by atoms with van der Waals surface area (Å²) in [5.74, 6) is 0.0534. The molecule has 0 saturated carbocycles. The van der Waals surface area contributed by atoms with Gasteiger partial charge in [-0.25, -0.2) is 4.98 Å². The van der Waals surface area contributed by atoms with Crippen LogP contribution < -0.4 is 10.6 Å². The number of benzene rings is 1. The zero-order valence-corrected chi connectivity index (χ0v) is 14.4. The van der Waals surface area contributed by atoms with Crippen LogP contribution in [0.5, 0.6) is 0 Å². The third-order valence-electron chi connectivity index (χ3n) is 2.99. The van der Waals surface area contributed by atoms with Crippen molar-refractivity contribution in [2.45, 2.75) is 13.3 Å². The van der Waals surface area contributed by atoms with E-state index in [-0.39, 0.29) is 24.2 Å². The molecule has 1 heterocycles. The average Bonchev–Trinajstić information content (AvgIpc) is 2.80. The Kier molecular flexibility index (Phi) is 7.39. The molecular weight excluding hydrogens is 329 g/mol.